The van der Waals surface area contributed by atoms with Crippen molar-refractivity contribution < 1.29 is 26.3 Å². The van der Waals surface area contributed by atoms with Gasteiger partial charge in [0.25, 0.3) is 0 Å². The van der Waals surface area contributed by atoms with Crippen molar-refractivity contribution in [1.29, 1.82) is 0 Å². The second kappa shape index (κ2) is 9.10. The van der Waals surface area contributed by atoms with Gasteiger partial charge in [-0.3, -0.25) is 0 Å². The van der Waals surface area contributed by atoms with Gasteiger partial charge in [0.1, 0.15) is 0 Å². The highest BCUT2D eigenvalue weighted by Gasteiger charge is 2.38. The first-order valence-corrected chi connectivity index (χ1v) is 9.87. The molecule has 0 heterocycles. The van der Waals surface area contributed by atoms with Gasteiger partial charge in [-0.25, -0.2) is 0 Å². The van der Waals surface area contributed by atoms with Gasteiger partial charge < -0.3 is 11.1 Å². The molecule has 3 aromatic carbocycles. The van der Waals surface area contributed by atoms with Gasteiger partial charge in [-0.15, -0.1) is 5.92 Å². The zero-order valence-electron chi connectivity index (χ0n) is 17.7. The van der Waals surface area contributed by atoms with Crippen molar-refractivity contribution in [1.82, 2.24) is 0 Å². The van der Waals surface area contributed by atoms with Crippen LogP contribution in [-0.2, 0) is 12.4 Å². The average molecular weight is 462 g/mol. The number of hydrogen-bond acceptors (Lipinski definition) is 2. The van der Waals surface area contributed by atoms with Crippen molar-refractivity contribution in [3.05, 3.63) is 77.4 Å². The van der Waals surface area contributed by atoms with Crippen LogP contribution in [0, 0.1) is 11.8 Å². The Kier molecular flexibility index (Phi) is 6.63. The molecule has 1 unspecified atom stereocenters. The quantitative estimate of drug-likeness (QED) is 0.235. The summed E-state index contributed by atoms with van der Waals surface area (Å²) in [6.07, 6.45) is -9.75. The first-order valence-electron chi connectivity index (χ1n) is 9.87. The first kappa shape index (κ1) is 24.1. The molecule has 8 heteroatoms. The number of benzene rings is 3. The molecule has 0 saturated heterocycles. The second-order valence-corrected chi connectivity index (χ2v) is 7.42. The van der Waals surface area contributed by atoms with E-state index in [9.17, 15) is 26.3 Å². The van der Waals surface area contributed by atoms with Gasteiger partial charge in [0, 0.05) is 23.0 Å². The molecule has 0 spiro atoms. The molecule has 3 rings (SSSR count). The molecule has 2 nitrogen and oxygen atoms in total. The van der Waals surface area contributed by atoms with Crippen LogP contribution in [0.5, 0.6) is 0 Å². The van der Waals surface area contributed by atoms with Crippen LogP contribution in [0.4, 0.5) is 43.4 Å². The second-order valence-electron chi connectivity index (χ2n) is 7.42. The fraction of sp³-hybridized carbons (Fsp3) is 0.200. The molecule has 0 aromatic heterocycles. The van der Waals surface area contributed by atoms with Crippen molar-refractivity contribution in [2.45, 2.75) is 32.1 Å². The van der Waals surface area contributed by atoms with Crippen LogP contribution in [0.15, 0.2) is 60.7 Å². The number of hydrogen-bond donors (Lipinski definition) is 2. The summed E-state index contributed by atoms with van der Waals surface area (Å²) in [5.74, 6) is 5.84. The van der Waals surface area contributed by atoms with Crippen molar-refractivity contribution >= 4 is 17.1 Å². The van der Waals surface area contributed by atoms with Gasteiger partial charge in [-0.2, -0.15) is 26.3 Å². The summed E-state index contributed by atoms with van der Waals surface area (Å²) in [6.45, 7) is 3.66. The average Bonchev–Trinajstić information content (AvgIpc) is 2.73. The molecule has 0 amide bonds. The topological polar surface area (TPSA) is 38.0 Å². The van der Waals surface area contributed by atoms with E-state index in [1.807, 2.05) is 6.92 Å². The highest BCUT2D eigenvalue weighted by molar-refractivity contribution is 5.77. The lowest BCUT2D eigenvalue weighted by Gasteiger charge is -2.19. The maximum absolute atomic E-state index is 13.8. The SMILES string of the molecule is CC#CC(C)c1ccc(Nc2ccc(-c3ccc(N)cc3C(F)(F)F)c(C(F)(F)F)c2)cc1. The summed E-state index contributed by atoms with van der Waals surface area (Å²) in [7, 11) is 0. The van der Waals surface area contributed by atoms with Crippen molar-refractivity contribution in [3.8, 4) is 23.0 Å². The molecule has 33 heavy (non-hydrogen) atoms. The number of nitrogens with one attached hydrogen (secondary N) is 1. The zero-order valence-corrected chi connectivity index (χ0v) is 17.7. The van der Waals surface area contributed by atoms with E-state index in [4.69, 9.17) is 5.73 Å². The van der Waals surface area contributed by atoms with Gasteiger partial charge in [0.15, 0.2) is 0 Å². The molecular weight excluding hydrogens is 442 g/mol. The number of rotatable bonds is 4. The smallest absolute Gasteiger partial charge is 0.399 e. The van der Waals surface area contributed by atoms with Crippen LogP contribution < -0.4 is 11.1 Å². The van der Waals surface area contributed by atoms with Crippen molar-refractivity contribution in [2.24, 2.45) is 0 Å². The van der Waals surface area contributed by atoms with Crippen LogP contribution in [0.2, 0.25) is 0 Å². The van der Waals surface area contributed by atoms with E-state index in [2.05, 4.69) is 17.2 Å². The molecule has 0 aliphatic carbocycles. The minimum absolute atomic E-state index is 0.00269. The molecule has 0 fully saturated rings. The summed E-state index contributed by atoms with van der Waals surface area (Å²) in [5, 5.41) is 2.87. The van der Waals surface area contributed by atoms with E-state index in [-0.39, 0.29) is 17.3 Å². The molecule has 172 valence electrons. The minimum atomic E-state index is -4.88. The lowest BCUT2D eigenvalue weighted by molar-refractivity contribution is -0.139. The number of alkyl halides is 6. The zero-order chi connectivity index (χ0) is 24.4. The maximum Gasteiger partial charge on any atom is 0.417 e. The lowest BCUT2D eigenvalue weighted by atomic mass is 9.93. The standard InChI is InChI=1S/C25H20F6N2/c1-3-4-15(2)16-5-8-18(9-6-16)33-19-10-12-21(23(14-19)25(29,30)31)20-11-7-17(32)13-22(20)24(26,27)28/h5-15,33H,32H2,1-2H3. The van der Waals surface area contributed by atoms with Crippen molar-refractivity contribution in [2.75, 3.05) is 11.1 Å². The molecule has 0 bridgehead atoms. The van der Waals surface area contributed by atoms with Gasteiger partial charge in [-0.05, 0) is 66.9 Å². The monoisotopic (exact) mass is 462 g/mol. The molecule has 0 radical (unpaired) electrons. The Bertz CT molecular complexity index is 1200. The van der Waals surface area contributed by atoms with Gasteiger partial charge in [-0.1, -0.05) is 30.2 Å². The Morgan fingerprint density at radius 3 is 1.82 bits per heavy atom. The molecule has 3 aromatic rings. The maximum atomic E-state index is 13.8. The van der Waals surface area contributed by atoms with E-state index < -0.39 is 34.6 Å². The molecular formula is C25H20F6N2. The Morgan fingerprint density at radius 2 is 1.27 bits per heavy atom. The van der Waals surface area contributed by atoms with Crippen LogP contribution in [0.3, 0.4) is 0 Å². The summed E-state index contributed by atoms with van der Waals surface area (Å²) < 4.78 is 82.0. The summed E-state index contributed by atoms with van der Waals surface area (Å²) in [6, 6.07) is 12.9. The van der Waals surface area contributed by atoms with Gasteiger partial charge in [0.2, 0.25) is 0 Å². The summed E-state index contributed by atoms with van der Waals surface area (Å²) >= 11 is 0. The van der Waals surface area contributed by atoms with E-state index in [1.165, 1.54) is 6.07 Å². The molecule has 0 aliphatic heterocycles. The third kappa shape index (κ3) is 5.61. The molecule has 1 atom stereocenters. The lowest BCUT2D eigenvalue weighted by Crippen LogP contribution is -2.12. The highest BCUT2D eigenvalue weighted by Crippen LogP contribution is 2.44. The van der Waals surface area contributed by atoms with Crippen LogP contribution in [-0.4, -0.2) is 0 Å². The third-order valence-electron chi connectivity index (χ3n) is 5.02. The van der Waals surface area contributed by atoms with Crippen LogP contribution in [0.25, 0.3) is 11.1 Å². The first-order chi connectivity index (χ1) is 15.4. The third-order valence-corrected chi connectivity index (χ3v) is 5.02. The van der Waals surface area contributed by atoms with Crippen LogP contribution >= 0.6 is 0 Å². The highest BCUT2D eigenvalue weighted by atomic mass is 19.4. The van der Waals surface area contributed by atoms with Gasteiger partial charge >= 0.3 is 12.4 Å². The molecule has 0 aliphatic rings. The Hall–Kier alpha value is -3.60. The van der Waals surface area contributed by atoms with Crippen molar-refractivity contribution in [3.63, 3.8) is 0 Å². The van der Waals surface area contributed by atoms with E-state index in [0.29, 0.717) is 11.8 Å². The summed E-state index contributed by atoms with van der Waals surface area (Å²) in [5.41, 5.74) is 3.22. The predicted molar refractivity (Wildman–Crippen MR) is 118 cm³/mol. The number of halogens is 6. The predicted octanol–water partition coefficient (Wildman–Crippen LogP) is 7.84. The Labute approximate surface area is 187 Å². The Morgan fingerprint density at radius 1 is 0.758 bits per heavy atom. The number of nitrogens with two attached hydrogens (primary N) is 1. The Balaban J connectivity index is 2.02. The van der Waals surface area contributed by atoms with Crippen LogP contribution in [0.1, 0.15) is 36.5 Å². The normalized spacial score (nSPS) is 12.6. The molecule has 0 saturated carbocycles. The molecule has 3 N–H and O–H groups in total. The largest absolute Gasteiger partial charge is 0.417 e. The number of anilines is 3. The van der Waals surface area contributed by atoms with E-state index >= 15 is 0 Å². The fourth-order valence-corrected chi connectivity index (χ4v) is 3.44. The van der Waals surface area contributed by atoms with E-state index in [0.717, 1.165) is 29.8 Å². The minimum Gasteiger partial charge on any atom is -0.399 e. The van der Waals surface area contributed by atoms with Gasteiger partial charge in [0.05, 0.1) is 11.1 Å². The fourth-order valence-electron chi connectivity index (χ4n) is 3.44. The van der Waals surface area contributed by atoms with E-state index in [1.54, 1.807) is 31.2 Å². The number of nitrogen functional groups attached to an aromatic ring is 1. The summed E-state index contributed by atoms with van der Waals surface area (Å²) in [4.78, 5) is 0.